The van der Waals surface area contributed by atoms with Gasteiger partial charge in [0.15, 0.2) is 11.5 Å². The number of rotatable bonds is 8. The van der Waals surface area contributed by atoms with Gasteiger partial charge in [-0.15, -0.1) is 0 Å². The molecule has 0 radical (unpaired) electrons. The molecule has 0 spiro atoms. The summed E-state index contributed by atoms with van der Waals surface area (Å²) in [4.78, 5) is 13.2. The number of aryl methyl sites for hydroxylation is 1. The Morgan fingerprint density at radius 2 is 1.68 bits per heavy atom. The summed E-state index contributed by atoms with van der Waals surface area (Å²) in [5.41, 5.74) is 3.32. The van der Waals surface area contributed by atoms with Crippen LogP contribution < -0.4 is 23.8 Å². The van der Waals surface area contributed by atoms with E-state index in [2.05, 4.69) is 19.2 Å². The lowest BCUT2D eigenvalue weighted by atomic mass is 9.93. The first-order chi connectivity index (χ1) is 15.9. The van der Waals surface area contributed by atoms with E-state index in [0.29, 0.717) is 30.4 Å². The molecular weight excluding hydrogens is 456 g/mol. The van der Waals surface area contributed by atoms with Crippen LogP contribution in [0.3, 0.4) is 0 Å². The predicted molar refractivity (Wildman–Crippen MR) is 133 cm³/mol. The number of benzene rings is 2. The standard InChI is InChI=1S/C25H34N2O6S/c1-15(2)20-14-21(16(3)12-23(20)31-6)17(4)26-25(28)18(5)27(34(7,29)30)19-8-9-22-24(13-19)33-11-10-32-22/h8-9,12-15,17-18H,10-11H2,1-7H3,(H,26,28)/t17-,18+/m0/s1. The fourth-order valence-electron chi connectivity index (χ4n) is 4.20. The molecule has 1 N–H and O–H groups in total. The van der Waals surface area contributed by atoms with Crippen molar-refractivity contribution in [2.24, 2.45) is 0 Å². The first-order valence-electron chi connectivity index (χ1n) is 11.3. The summed E-state index contributed by atoms with van der Waals surface area (Å²) in [6, 6.07) is 7.56. The van der Waals surface area contributed by atoms with Crippen molar-refractivity contribution >= 4 is 21.6 Å². The van der Waals surface area contributed by atoms with Gasteiger partial charge in [0.2, 0.25) is 15.9 Å². The van der Waals surface area contributed by atoms with E-state index in [-0.39, 0.29) is 12.0 Å². The second-order valence-corrected chi connectivity index (χ2v) is 10.8. The highest BCUT2D eigenvalue weighted by Gasteiger charge is 2.31. The molecule has 0 aromatic heterocycles. The molecule has 8 nitrogen and oxygen atoms in total. The fraction of sp³-hybridized carbons (Fsp3) is 0.480. The van der Waals surface area contributed by atoms with Crippen molar-refractivity contribution in [1.29, 1.82) is 0 Å². The van der Waals surface area contributed by atoms with Crippen LogP contribution in [0.2, 0.25) is 0 Å². The van der Waals surface area contributed by atoms with Crippen molar-refractivity contribution in [3.05, 3.63) is 47.0 Å². The van der Waals surface area contributed by atoms with Crippen LogP contribution in [0.1, 0.15) is 56.3 Å². The minimum Gasteiger partial charge on any atom is -0.496 e. The SMILES string of the molecule is COc1cc(C)c([C@H](C)NC(=O)[C@@H](C)N(c2ccc3c(c2)OCCO3)S(C)(=O)=O)cc1C(C)C. The maximum absolute atomic E-state index is 13.2. The third kappa shape index (κ3) is 5.41. The first-order valence-corrected chi connectivity index (χ1v) is 13.2. The minimum atomic E-state index is -3.76. The molecule has 2 aromatic rings. The van der Waals surface area contributed by atoms with Crippen molar-refractivity contribution in [1.82, 2.24) is 5.32 Å². The second kappa shape index (κ2) is 10.1. The van der Waals surface area contributed by atoms with Gasteiger partial charge in [-0.1, -0.05) is 13.8 Å². The van der Waals surface area contributed by atoms with Crippen molar-refractivity contribution in [2.45, 2.75) is 52.6 Å². The van der Waals surface area contributed by atoms with Crippen LogP contribution >= 0.6 is 0 Å². The molecule has 0 aliphatic carbocycles. The van der Waals surface area contributed by atoms with Gasteiger partial charge < -0.3 is 19.5 Å². The maximum Gasteiger partial charge on any atom is 0.244 e. The molecule has 2 aromatic carbocycles. The van der Waals surface area contributed by atoms with Gasteiger partial charge >= 0.3 is 0 Å². The summed E-state index contributed by atoms with van der Waals surface area (Å²) >= 11 is 0. The number of anilines is 1. The number of amides is 1. The van der Waals surface area contributed by atoms with E-state index in [1.54, 1.807) is 32.2 Å². The van der Waals surface area contributed by atoms with Crippen molar-refractivity contribution in [3.8, 4) is 17.2 Å². The monoisotopic (exact) mass is 490 g/mol. The number of nitrogens with zero attached hydrogens (tertiary/aromatic N) is 1. The van der Waals surface area contributed by atoms with E-state index in [1.807, 2.05) is 26.0 Å². The van der Waals surface area contributed by atoms with Crippen molar-refractivity contribution in [3.63, 3.8) is 0 Å². The van der Waals surface area contributed by atoms with Crippen molar-refractivity contribution < 1.29 is 27.4 Å². The zero-order valence-electron chi connectivity index (χ0n) is 20.8. The van der Waals surface area contributed by atoms with Gasteiger partial charge in [0.1, 0.15) is 25.0 Å². The molecule has 2 atom stereocenters. The Morgan fingerprint density at radius 3 is 2.26 bits per heavy atom. The molecule has 1 aliphatic rings. The zero-order valence-corrected chi connectivity index (χ0v) is 21.7. The number of hydrogen-bond donors (Lipinski definition) is 1. The molecule has 0 saturated carbocycles. The molecule has 3 rings (SSSR count). The number of hydrogen-bond acceptors (Lipinski definition) is 6. The predicted octanol–water partition coefficient (Wildman–Crippen LogP) is 3.93. The lowest BCUT2D eigenvalue weighted by Crippen LogP contribution is -2.48. The number of sulfonamides is 1. The Labute approximate surface area is 202 Å². The smallest absolute Gasteiger partial charge is 0.244 e. The minimum absolute atomic E-state index is 0.243. The highest BCUT2D eigenvalue weighted by atomic mass is 32.2. The Kier molecular flexibility index (Phi) is 7.65. The van der Waals surface area contributed by atoms with Crippen LogP contribution in [-0.2, 0) is 14.8 Å². The van der Waals surface area contributed by atoms with Crippen LogP contribution in [-0.4, -0.2) is 46.9 Å². The van der Waals surface area contributed by atoms with Gasteiger partial charge in [0.05, 0.1) is 25.1 Å². The third-order valence-electron chi connectivity index (χ3n) is 5.93. The van der Waals surface area contributed by atoms with E-state index in [9.17, 15) is 13.2 Å². The number of carbonyl (C=O) groups excluding carboxylic acids is 1. The van der Waals surface area contributed by atoms with E-state index in [0.717, 1.165) is 33.0 Å². The van der Waals surface area contributed by atoms with E-state index >= 15 is 0 Å². The number of ether oxygens (including phenoxy) is 3. The summed E-state index contributed by atoms with van der Waals surface area (Å²) in [5, 5.41) is 2.98. The Bertz CT molecular complexity index is 1160. The number of nitrogens with one attached hydrogen (secondary N) is 1. The molecule has 1 amide bonds. The van der Waals surface area contributed by atoms with Crippen LogP contribution in [0, 0.1) is 6.92 Å². The Hall–Kier alpha value is -2.94. The van der Waals surface area contributed by atoms with Crippen molar-refractivity contribution in [2.75, 3.05) is 30.9 Å². The number of fused-ring (bicyclic) bond motifs is 1. The molecule has 1 heterocycles. The Morgan fingerprint density at radius 1 is 1.03 bits per heavy atom. The fourth-order valence-corrected chi connectivity index (χ4v) is 5.37. The normalized spacial score (nSPS) is 14.9. The summed E-state index contributed by atoms with van der Waals surface area (Å²) in [6.07, 6.45) is 1.08. The van der Waals surface area contributed by atoms with Crippen LogP contribution in [0.15, 0.2) is 30.3 Å². The zero-order chi connectivity index (χ0) is 25.2. The van der Waals surface area contributed by atoms with E-state index < -0.39 is 22.0 Å². The quantitative estimate of drug-likeness (QED) is 0.603. The van der Waals surface area contributed by atoms with Gasteiger partial charge in [-0.05, 0) is 67.6 Å². The molecule has 9 heteroatoms. The molecule has 0 saturated heterocycles. The molecule has 0 bridgehead atoms. The maximum atomic E-state index is 13.2. The van der Waals surface area contributed by atoms with Gasteiger partial charge in [0, 0.05) is 6.07 Å². The summed E-state index contributed by atoms with van der Waals surface area (Å²) in [5.74, 6) is 1.64. The number of methoxy groups -OCH3 is 1. The molecular formula is C25H34N2O6S. The molecule has 186 valence electrons. The van der Waals surface area contributed by atoms with E-state index in [1.165, 1.54) is 0 Å². The molecule has 0 fully saturated rings. The van der Waals surface area contributed by atoms with Crippen LogP contribution in [0.5, 0.6) is 17.2 Å². The number of carbonyl (C=O) groups is 1. The third-order valence-corrected chi connectivity index (χ3v) is 7.18. The first kappa shape index (κ1) is 25.7. The lowest BCUT2D eigenvalue weighted by Gasteiger charge is -2.30. The molecule has 0 unspecified atom stereocenters. The highest BCUT2D eigenvalue weighted by molar-refractivity contribution is 7.92. The Balaban J connectivity index is 1.87. The summed E-state index contributed by atoms with van der Waals surface area (Å²) in [7, 11) is -2.12. The highest BCUT2D eigenvalue weighted by Crippen LogP contribution is 2.36. The molecule has 1 aliphatic heterocycles. The van der Waals surface area contributed by atoms with E-state index in [4.69, 9.17) is 14.2 Å². The summed E-state index contributed by atoms with van der Waals surface area (Å²) in [6.45, 7) is 10.4. The average Bonchev–Trinajstić information content (AvgIpc) is 2.77. The molecule has 34 heavy (non-hydrogen) atoms. The summed E-state index contributed by atoms with van der Waals surface area (Å²) < 4.78 is 43.2. The largest absolute Gasteiger partial charge is 0.496 e. The topological polar surface area (TPSA) is 94.2 Å². The van der Waals surface area contributed by atoms with Gasteiger partial charge in [-0.25, -0.2) is 8.42 Å². The van der Waals surface area contributed by atoms with Gasteiger partial charge in [0.25, 0.3) is 0 Å². The average molecular weight is 491 g/mol. The van der Waals surface area contributed by atoms with Gasteiger partial charge in [-0.3, -0.25) is 9.10 Å². The lowest BCUT2D eigenvalue weighted by molar-refractivity contribution is -0.122. The van der Waals surface area contributed by atoms with Crippen LogP contribution in [0.4, 0.5) is 5.69 Å². The van der Waals surface area contributed by atoms with Gasteiger partial charge in [-0.2, -0.15) is 0 Å². The second-order valence-electron chi connectivity index (χ2n) is 8.90. The van der Waals surface area contributed by atoms with Crippen LogP contribution in [0.25, 0.3) is 0 Å².